The van der Waals surface area contributed by atoms with Crippen molar-refractivity contribution in [1.29, 1.82) is 0 Å². The second-order valence-electron chi connectivity index (χ2n) is 3.27. The molecule has 0 saturated carbocycles. The van der Waals surface area contributed by atoms with Crippen molar-refractivity contribution in [2.45, 2.75) is 26.3 Å². The van der Waals surface area contributed by atoms with Crippen molar-refractivity contribution >= 4 is 0 Å². The molecule has 14 heavy (non-hydrogen) atoms. The second kappa shape index (κ2) is 6.45. The molecule has 4 heteroatoms. The van der Waals surface area contributed by atoms with E-state index in [4.69, 9.17) is 5.73 Å². The highest BCUT2D eigenvalue weighted by Crippen LogP contribution is 1.94. The van der Waals surface area contributed by atoms with E-state index in [0.29, 0.717) is 0 Å². The first-order chi connectivity index (χ1) is 6.83. The minimum absolute atomic E-state index is 0.772. The molecule has 0 amide bonds. The third-order valence-electron chi connectivity index (χ3n) is 1.95. The molecule has 0 spiro atoms. The fourth-order valence-corrected chi connectivity index (χ4v) is 1.21. The molecule has 0 saturated heterocycles. The van der Waals surface area contributed by atoms with Gasteiger partial charge >= 0.3 is 0 Å². The van der Waals surface area contributed by atoms with Gasteiger partial charge in [0, 0.05) is 12.7 Å². The average molecular weight is 194 g/mol. The molecule has 0 aliphatic heterocycles. The smallest absolute Gasteiger partial charge is 0.125 e. The van der Waals surface area contributed by atoms with Gasteiger partial charge in [0.2, 0.25) is 0 Å². The van der Waals surface area contributed by atoms with E-state index < -0.39 is 0 Å². The number of nitrogens with one attached hydrogen (secondary N) is 1. The summed E-state index contributed by atoms with van der Waals surface area (Å²) < 4.78 is 0. The van der Waals surface area contributed by atoms with Crippen molar-refractivity contribution in [3.63, 3.8) is 0 Å². The third-order valence-corrected chi connectivity index (χ3v) is 1.95. The van der Waals surface area contributed by atoms with Gasteiger partial charge in [-0.1, -0.05) is 0 Å². The van der Waals surface area contributed by atoms with Gasteiger partial charge in [0.1, 0.15) is 5.82 Å². The molecular weight excluding hydrogens is 176 g/mol. The van der Waals surface area contributed by atoms with Gasteiger partial charge in [-0.15, -0.1) is 0 Å². The molecule has 1 aromatic heterocycles. The van der Waals surface area contributed by atoms with Crippen LogP contribution < -0.4 is 11.1 Å². The topological polar surface area (TPSA) is 63.8 Å². The zero-order valence-electron chi connectivity index (χ0n) is 8.66. The summed E-state index contributed by atoms with van der Waals surface area (Å²) in [6, 6.07) is 1.93. The molecule has 0 radical (unpaired) electrons. The Bertz CT molecular complexity index is 262. The van der Waals surface area contributed by atoms with E-state index in [-0.39, 0.29) is 0 Å². The van der Waals surface area contributed by atoms with Gasteiger partial charge in [-0.2, -0.15) is 0 Å². The van der Waals surface area contributed by atoms with Crippen LogP contribution in [-0.4, -0.2) is 23.1 Å². The quantitative estimate of drug-likeness (QED) is 0.651. The molecule has 0 aliphatic carbocycles. The summed E-state index contributed by atoms with van der Waals surface area (Å²) in [7, 11) is 0. The molecule has 0 aliphatic rings. The van der Waals surface area contributed by atoms with E-state index in [9.17, 15) is 0 Å². The normalized spacial score (nSPS) is 10.4. The molecule has 1 aromatic rings. The maximum Gasteiger partial charge on any atom is 0.125 e. The van der Waals surface area contributed by atoms with E-state index in [1.807, 2.05) is 13.0 Å². The Kier molecular flexibility index (Phi) is 5.11. The molecule has 0 aromatic carbocycles. The maximum absolute atomic E-state index is 5.39. The first kappa shape index (κ1) is 11.1. The van der Waals surface area contributed by atoms with Crippen LogP contribution in [0.2, 0.25) is 0 Å². The van der Waals surface area contributed by atoms with Crippen LogP contribution in [0, 0.1) is 6.92 Å². The number of aromatic nitrogens is 2. The van der Waals surface area contributed by atoms with Gasteiger partial charge in [-0.3, -0.25) is 0 Å². The Morgan fingerprint density at radius 1 is 1.43 bits per heavy atom. The summed E-state index contributed by atoms with van der Waals surface area (Å²) in [5, 5.41) is 3.32. The molecule has 4 nitrogen and oxygen atoms in total. The Hall–Kier alpha value is -1.00. The van der Waals surface area contributed by atoms with Crippen molar-refractivity contribution in [3.8, 4) is 0 Å². The first-order valence-electron chi connectivity index (χ1n) is 5.02. The monoisotopic (exact) mass is 194 g/mol. The molecule has 0 bridgehead atoms. The number of rotatable bonds is 6. The van der Waals surface area contributed by atoms with E-state index in [2.05, 4.69) is 15.3 Å². The summed E-state index contributed by atoms with van der Waals surface area (Å²) in [5.41, 5.74) is 6.44. The summed E-state index contributed by atoms with van der Waals surface area (Å²) in [6.07, 6.45) is 4.00. The van der Waals surface area contributed by atoms with E-state index in [1.54, 1.807) is 6.20 Å². The van der Waals surface area contributed by atoms with Crippen molar-refractivity contribution in [2.75, 3.05) is 13.1 Å². The van der Waals surface area contributed by atoms with Crippen LogP contribution >= 0.6 is 0 Å². The van der Waals surface area contributed by atoms with Gasteiger partial charge in [-0.05, 0) is 38.9 Å². The fraction of sp³-hybridized carbons (Fsp3) is 0.600. The zero-order chi connectivity index (χ0) is 10.2. The second-order valence-corrected chi connectivity index (χ2v) is 3.27. The highest BCUT2D eigenvalue weighted by molar-refractivity contribution is 5.00. The predicted octanol–water partition coefficient (Wildman–Crippen LogP) is 0.614. The summed E-state index contributed by atoms with van der Waals surface area (Å²) in [5.74, 6) is 0.825. The lowest BCUT2D eigenvalue weighted by Crippen LogP contribution is -2.16. The van der Waals surface area contributed by atoms with E-state index >= 15 is 0 Å². The minimum atomic E-state index is 0.772. The van der Waals surface area contributed by atoms with Gasteiger partial charge in [0.05, 0.1) is 5.69 Å². The van der Waals surface area contributed by atoms with Gasteiger partial charge in [-0.25, -0.2) is 9.97 Å². The van der Waals surface area contributed by atoms with Crippen LogP contribution in [-0.2, 0) is 6.54 Å². The molecule has 0 fully saturated rings. The fourth-order valence-electron chi connectivity index (χ4n) is 1.21. The molecule has 3 N–H and O–H groups in total. The summed E-state index contributed by atoms with van der Waals surface area (Å²) >= 11 is 0. The first-order valence-corrected chi connectivity index (χ1v) is 5.02. The number of hydrogen-bond acceptors (Lipinski definition) is 4. The Morgan fingerprint density at radius 2 is 2.29 bits per heavy atom. The standard InChI is InChI=1S/C10H18N4/c1-9-13-7-4-10(14-9)8-12-6-3-2-5-11/h4,7,12H,2-3,5-6,8,11H2,1H3. The molecule has 0 atom stereocenters. The Morgan fingerprint density at radius 3 is 3.00 bits per heavy atom. The van der Waals surface area contributed by atoms with E-state index in [1.165, 1.54) is 0 Å². The van der Waals surface area contributed by atoms with Crippen LogP contribution in [0.25, 0.3) is 0 Å². The van der Waals surface area contributed by atoms with Crippen molar-refractivity contribution in [1.82, 2.24) is 15.3 Å². The lowest BCUT2D eigenvalue weighted by molar-refractivity contribution is 0.619. The van der Waals surface area contributed by atoms with Crippen molar-refractivity contribution in [2.24, 2.45) is 5.73 Å². The van der Waals surface area contributed by atoms with Crippen LogP contribution in [0.1, 0.15) is 24.4 Å². The summed E-state index contributed by atoms with van der Waals surface area (Å²) in [6.45, 7) is 4.49. The molecule has 1 heterocycles. The predicted molar refractivity (Wildman–Crippen MR) is 56.8 cm³/mol. The number of aryl methyl sites for hydroxylation is 1. The minimum Gasteiger partial charge on any atom is -0.330 e. The lowest BCUT2D eigenvalue weighted by atomic mass is 10.3. The maximum atomic E-state index is 5.39. The Labute approximate surface area is 85.0 Å². The molecule has 0 unspecified atom stereocenters. The van der Waals surface area contributed by atoms with Crippen LogP contribution in [0.5, 0.6) is 0 Å². The molecule has 78 valence electrons. The number of nitrogens with zero attached hydrogens (tertiary/aromatic N) is 2. The lowest BCUT2D eigenvalue weighted by Gasteiger charge is -2.03. The number of nitrogens with two attached hydrogens (primary N) is 1. The molecule has 1 rings (SSSR count). The van der Waals surface area contributed by atoms with Crippen molar-refractivity contribution < 1.29 is 0 Å². The molecular formula is C10H18N4. The Balaban J connectivity index is 2.18. The average Bonchev–Trinajstić information content (AvgIpc) is 2.18. The van der Waals surface area contributed by atoms with Gasteiger partial charge < -0.3 is 11.1 Å². The summed E-state index contributed by atoms with van der Waals surface area (Å²) in [4.78, 5) is 8.33. The van der Waals surface area contributed by atoms with Crippen molar-refractivity contribution in [3.05, 3.63) is 23.8 Å². The largest absolute Gasteiger partial charge is 0.330 e. The van der Waals surface area contributed by atoms with E-state index in [0.717, 1.165) is 44.0 Å². The SMILES string of the molecule is Cc1nccc(CNCCCCN)n1. The third kappa shape index (κ3) is 4.30. The van der Waals surface area contributed by atoms with Crippen LogP contribution in [0.15, 0.2) is 12.3 Å². The highest BCUT2D eigenvalue weighted by atomic mass is 14.9. The zero-order valence-corrected chi connectivity index (χ0v) is 8.66. The number of hydrogen-bond donors (Lipinski definition) is 2. The van der Waals surface area contributed by atoms with Crippen LogP contribution in [0.4, 0.5) is 0 Å². The number of unbranched alkanes of at least 4 members (excludes halogenated alkanes) is 1. The highest BCUT2D eigenvalue weighted by Gasteiger charge is 1.94. The van der Waals surface area contributed by atoms with Gasteiger partial charge in [0.25, 0.3) is 0 Å². The van der Waals surface area contributed by atoms with Gasteiger partial charge in [0.15, 0.2) is 0 Å². The van der Waals surface area contributed by atoms with Crippen LogP contribution in [0.3, 0.4) is 0 Å².